The number of esters is 1. The molecule has 0 aromatic heterocycles. The summed E-state index contributed by atoms with van der Waals surface area (Å²) in [6.07, 6.45) is 0.537. The van der Waals surface area contributed by atoms with E-state index in [1.54, 1.807) is 34.1 Å². The van der Waals surface area contributed by atoms with E-state index in [9.17, 15) is 4.79 Å². The summed E-state index contributed by atoms with van der Waals surface area (Å²) in [7, 11) is 3.21. The number of carbonyl (C=O) groups is 1. The third kappa shape index (κ3) is 3.15. The second-order valence-electron chi connectivity index (χ2n) is 6.08. The summed E-state index contributed by atoms with van der Waals surface area (Å²) in [5.41, 5.74) is 2.25. The molecule has 0 radical (unpaired) electrons. The van der Waals surface area contributed by atoms with Crippen molar-refractivity contribution >= 4 is 5.97 Å². The zero-order chi connectivity index (χ0) is 17.3. The van der Waals surface area contributed by atoms with Gasteiger partial charge in [-0.05, 0) is 35.7 Å². The van der Waals surface area contributed by atoms with Gasteiger partial charge < -0.3 is 18.9 Å². The largest absolute Gasteiger partial charge is 0.497 e. The Bertz CT molecular complexity index is 779. The SMILES string of the molecule is COc1cccc(Cc2cc(OC)cc3c2C(=O)OC(C)(C)O3)c1. The van der Waals surface area contributed by atoms with E-state index in [0.29, 0.717) is 23.5 Å². The average molecular weight is 328 g/mol. The monoisotopic (exact) mass is 328 g/mol. The van der Waals surface area contributed by atoms with Crippen molar-refractivity contribution in [3.05, 3.63) is 53.1 Å². The van der Waals surface area contributed by atoms with Crippen LogP contribution in [0.2, 0.25) is 0 Å². The van der Waals surface area contributed by atoms with Crippen LogP contribution >= 0.6 is 0 Å². The Morgan fingerprint density at radius 3 is 2.46 bits per heavy atom. The van der Waals surface area contributed by atoms with Crippen LogP contribution in [-0.4, -0.2) is 26.0 Å². The molecular formula is C19H20O5. The van der Waals surface area contributed by atoms with Gasteiger partial charge in [0.25, 0.3) is 0 Å². The normalized spacial score (nSPS) is 15.1. The summed E-state index contributed by atoms with van der Waals surface area (Å²) < 4.78 is 21.8. The van der Waals surface area contributed by atoms with Crippen LogP contribution in [0.15, 0.2) is 36.4 Å². The molecular weight excluding hydrogens is 308 g/mol. The minimum Gasteiger partial charge on any atom is -0.497 e. The molecule has 24 heavy (non-hydrogen) atoms. The van der Waals surface area contributed by atoms with E-state index in [0.717, 1.165) is 16.9 Å². The molecule has 0 bridgehead atoms. The maximum atomic E-state index is 12.5. The van der Waals surface area contributed by atoms with Gasteiger partial charge in [0.2, 0.25) is 5.79 Å². The second-order valence-corrected chi connectivity index (χ2v) is 6.08. The van der Waals surface area contributed by atoms with Gasteiger partial charge >= 0.3 is 5.97 Å². The first-order chi connectivity index (χ1) is 11.4. The number of rotatable bonds is 4. The predicted octanol–water partition coefficient (Wildman–Crippen LogP) is 3.58. The molecule has 0 N–H and O–H groups in total. The molecule has 0 amide bonds. The van der Waals surface area contributed by atoms with Crippen LogP contribution in [0.3, 0.4) is 0 Å². The minimum absolute atomic E-state index is 0.387. The molecule has 3 rings (SSSR count). The molecule has 1 heterocycles. The molecule has 5 heteroatoms. The molecule has 0 spiro atoms. The quantitative estimate of drug-likeness (QED) is 0.803. The molecule has 0 aliphatic carbocycles. The van der Waals surface area contributed by atoms with Crippen molar-refractivity contribution in [2.75, 3.05) is 14.2 Å². The van der Waals surface area contributed by atoms with Crippen molar-refractivity contribution in [2.24, 2.45) is 0 Å². The fraction of sp³-hybridized carbons (Fsp3) is 0.316. The van der Waals surface area contributed by atoms with E-state index in [1.165, 1.54) is 0 Å². The highest BCUT2D eigenvalue weighted by molar-refractivity contribution is 5.95. The van der Waals surface area contributed by atoms with Crippen molar-refractivity contribution in [2.45, 2.75) is 26.1 Å². The lowest BCUT2D eigenvalue weighted by molar-refractivity contribution is -0.127. The summed E-state index contributed by atoms with van der Waals surface area (Å²) in [4.78, 5) is 12.5. The van der Waals surface area contributed by atoms with E-state index in [-0.39, 0.29) is 5.97 Å². The van der Waals surface area contributed by atoms with Gasteiger partial charge in [-0.15, -0.1) is 0 Å². The fourth-order valence-electron chi connectivity index (χ4n) is 2.78. The number of ether oxygens (including phenoxy) is 4. The van der Waals surface area contributed by atoms with E-state index in [4.69, 9.17) is 18.9 Å². The maximum absolute atomic E-state index is 12.5. The van der Waals surface area contributed by atoms with Crippen LogP contribution in [0.1, 0.15) is 35.3 Å². The molecule has 0 atom stereocenters. The van der Waals surface area contributed by atoms with E-state index >= 15 is 0 Å². The van der Waals surface area contributed by atoms with Crippen LogP contribution in [0.25, 0.3) is 0 Å². The number of hydrogen-bond donors (Lipinski definition) is 0. The number of carbonyl (C=O) groups excluding carboxylic acids is 1. The van der Waals surface area contributed by atoms with Crippen LogP contribution in [-0.2, 0) is 11.2 Å². The Labute approximate surface area is 141 Å². The number of hydrogen-bond acceptors (Lipinski definition) is 5. The summed E-state index contributed by atoms with van der Waals surface area (Å²) >= 11 is 0. The van der Waals surface area contributed by atoms with E-state index < -0.39 is 5.79 Å². The molecule has 0 fully saturated rings. The van der Waals surface area contributed by atoms with Gasteiger partial charge in [0, 0.05) is 19.9 Å². The maximum Gasteiger partial charge on any atom is 0.345 e. The highest BCUT2D eigenvalue weighted by atomic mass is 16.7. The Kier molecular flexibility index (Phi) is 4.09. The molecule has 1 aliphatic heterocycles. The topological polar surface area (TPSA) is 54.0 Å². The third-order valence-electron chi connectivity index (χ3n) is 3.82. The Hall–Kier alpha value is -2.69. The number of methoxy groups -OCH3 is 2. The van der Waals surface area contributed by atoms with Gasteiger partial charge in [0.05, 0.1) is 14.2 Å². The molecule has 2 aromatic rings. The van der Waals surface area contributed by atoms with Gasteiger partial charge in [0.1, 0.15) is 22.8 Å². The van der Waals surface area contributed by atoms with Crippen LogP contribution in [0.4, 0.5) is 0 Å². The molecule has 126 valence electrons. The molecule has 0 saturated heterocycles. The molecule has 0 saturated carbocycles. The lowest BCUT2D eigenvalue weighted by atomic mass is 9.97. The van der Waals surface area contributed by atoms with Gasteiger partial charge in [0.15, 0.2) is 0 Å². The Morgan fingerprint density at radius 1 is 1.00 bits per heavy atom. The van der Waals surface area contributed by atoms with Crippen molar-refractivity contribution in [1.82, 2.24) is 0 Å². The summed E-state index contributed by atoms with van der Waals surface area (Å²) in [6, 6.07) is 11.3. The van der Waals surface area contributed by atoms with Gasteiger partial charge in [-0.25, -0.2) is 4.79 Å². The second kappa shape index (κ2) is 6.07. The Morgan fingerprint density at radius 2 is 1.75 bits per heavy atom. The van der Waals surface area contributed by atoms with Crippen molar-refractivity contribution in [3.63, 3.8) is 0 Å². The van der Waals surface area contributed by atoms with Crippen molar-refractivity contribution < 1.29 is 23.7 Å². The molecule has 2 aromatic carbocycles. The van der Waals surface area contributed by atoms with Gasteiger partial charge in [-0.1, -0.05) is 12.1 Å². The van der Waals surface area contributed by atoms with E-state index in [2.05, 4.69) is 0 Å². The summed E-state index contributed by atoms with van der Waals surface area (Å²) in [5.74, 6) is 0.501. The zero-order valence-electron chi connectivity index (χ0n) is 14.2. The van der Waals surface area contributed by atoms with Crippen LogP contribution in [0, 0.1) is 0 Å². The minimum atomic E-state index is -0.996. The number of fused-ring (bicyclic) bond motifs is 1. The van der Waals surface area contributed by atoms with Crippen LogP contribution < -0.4 is 14.2 Å². The molecule has 5 nitrogen and oxygen atoms in total. The number of cyclic esters (lactones) is 1. The summed E-state index contributed by atoms with van der Waals surface area (Å²) in [6.45, 7) is 3.41. The van der Waals surface area contributed by atoms with E-state index in [1.807, 2.05) is 30.3 Å². The third-order valence-corrected chi connectivity index (χ3v) is 3.82. The smallest absolute Gasteiger partial charge is 0.345 e. The lowest BCUT2D eigenvalue weighted by Crippen LogP contribution is -2.39. The average Bonchev–Trinajstić information content (AvgIpc) is 2.53. The highest BCUT2D eigenvalue weighted by Crippen LogP contribution is 2.37. The van der Waals surface area contributed by atoms with Crippen LogP contribution in [0.5, 0.6) is 17.2 Å². The highest BCUT2D eigenvalue weighted by Gasteiger charge is 2.36. The van der Waals surface area contributed by atoms with Crippen molar-refractivity contribution in [3.8, 4) is 17.2 Å². The van der Waals surface area contributed by atoms with Gasteiger partial charge in [-0.3, -0.25) is 0 Å². The predicted molar refractivity (Wildman–Crippen MR) is 88.9 cm³/mol. The first-order valence-corrected chi connectivity index (χ1v) is 7.68. The first kappa shape index (κ1) is 16.2. The summed E-state index contributed by atoms with van der Waals surface area (Å²) in [5, 5.41) is 0. The standard InChI is InChI=1S/C19H20O5/c1-19(2)23-16-11-15(22-4)10-13(17(16)18(20)24-19)8-12-6-5-7-14(9-12)21-3/h5-7,9-11H,8H2,1-4H3. The van der Waals surface area contributed by atoms with Crippen molar-refractivity contribution in [1.29, 1.82) is 0 Å². The molecule has 1 aliphatic rings. The Balaban J connectivity index is 2.05. The fourth-order valence-corrected chi connectivity index (χ4v) is 2.78. The first-order valence-electron chi connectivity index (χ1n) is 7.68. The zero-order valence-corrected chi connectivity index (χ0v) is 14.2. The lowest BCUT2D eigenvalue weighted by Gasteiger charge is -2.32. The molecule has 0 unspecified atom stereocenters. The van der Waals surface area contributed by atoms with Gasteiger partial charge in [-0.2, -0.15) is 0 Å². The number of benzene rings is 2.